The molecule has 1 aromatic heterocycles. The summed E-state index contributed by atoms with van der Waals surface area (Å²) in [5, 5.41) is 0. The molecule has 2 aromatic rings. The van der Waals surface area contributed by atoms with Crippen LogP contribution in [0, 0.1) is 0 Å². The van der Waals surface area contributed by atoms with E-state index in [2.05, 4.69) is 6.58 Å². The molecule has 2 atom stereocenters. The van der Waals surface area contributed by atoms with Gasteiger partial charge >= 0.3 is 11.4 Å². The number of aromatic nitrogens is 3. The predicted molar refractivity (Wildman–Crippen MR) is 86.0 cm³/mol. The fourth-order valence-corrected chi connectivity index (χ4v) is 3.32. The van der Waals surface area contributed by atoms with Crippen molar-refractivity contribution in [3.8, 4) is 5.69 Å². The Bertz CT molecular complexity index is 901. The van der Waals surface area contributed by atoms with Gasteiger partial charge in [0.15, 0.2) is 0 Å². The second-order valence-corrected chi connectivity index (χ2v) is 5.78. The van der Waals surface area contributed by atoms with Gasteiger partial charge in [-0.2, -0.15) is 0 Å². The maximum absolute atomic E-state index is 12.9. The Morgan fingerprint density at radius 2 is 1.96 bits per heavy atom. The Morgan fingerprint density at radius 1 is 1.17 bits per heavy atom. The summed E-state index contributed by atoms with van der Waals surface area (Å²) < 4.78 is 9.99. The molecule has 0 aliphatic carbocycles. The monoisotopic (exact) mass is 311 g/mol. The lowest BCUT2D eigenvalue weighted by Gasteiger charge is -2.34. The van der Waals surface area contributed by atoms with Crippen LogP contribution < -0.4 is 11.4 Å². The number of fused-ring (bicyclic) bond motifs is 3. The molecule has 1 aromatic carbocycles. The first-order chi connectivity index (χ1) is 11.2. The van der Waals surface area contributed by atoms with Crippen LogP contribution in [0.4, 0.5) is 0 Å². The van der Waals surface area contributed by atoms with Crippen LogP contribution in [0.1, 0.15) is 12.5 Å². The van der Waals surface area contributed by atoms with Gasteiger partial charge in [-0.1, -0.05) is 30.4 Å². The molecule has 0 unspecified atom stereocenters. The van der Waals surface area contributed by atoms with Gasteiger partial charge in [0.25, 0.3) is 0 Å². The number of hydrogen-bond donors (Lipinski definition) is 0. The van der Waals surface area contributed by atoms with Gasteiger partial charge in [0.05, 0.1) is 31.0 Å². The van der Waals surface area contributed by atoms with Crippen LogP contribution in [0.15, 0.2) is 64.2 Å². The molecular formula is C17H17N3O3. The summed E-state index contributed by atoms with van der Waals surface area (Å²) >= 11 is 0. The molecule has 118 valence electrons. The molecule has 0 amide bonds. The van der Waals surface area contributed by atoms with Crippen LogP contribution in [-0.2, 0) is 11.3 Å². The van der Waals surface area contributed by atoms with Crippen molar-refractivity contribution in [2.75, 3.05) is 6.61 Å². The smallest absolute Gasteiger partial charge is 0.352 e. The zero-order chi connectivity index (χ0) is 16.0. The normalized spacial score (nSPS) is 22.9. The summed E-state index contributed by atoms with van der Waals surface area (Å²) in [5.41, 5.74) is 1.03. The molecule has 4 rings (SSSR count). The topological polar surface area (TPSA) is 58.2 Å². The molecule has 0 N–H and O–H groups in total. The number of benzene rings is 1. The van der Waals surface area contributed by atoms with E-state index in [9.17, 15) is 9.59 Å². The molecule has 0 spiro atoms. The molecular weight excluding hydrogens is 294 g/mol. The Morgan fingerprint density at radius 3 is 2.70 bits per heavy atom. The minimum atomic E-state index is -0.307. The number of hydrogen-bond acceptors (Lipinski definition) is 3. The quantitative estimate of drug-likeness (QED) is 0.785. The van der Waals surface area contributed by atoms with Crippen LogP contribution >= 0.6 is 0 Å². The average molecular weight is 311 g/mol. The van der Waals surface area contributed by atoms with E-state index in [0.717, 1.165) is 5.57 Å². The Labute approximate surface area is 132 Å². The molecule has 3 heterocycles. The lowest BCUT2D eigenvalue weighted by atomic mass is 9.97. The molecule has 0 radical (unpaired) electrons. The van der Waals surface area contributed by atoms with Crippen molar-refractivity contribution in [3.63, 3.8) is 0 Å². The van der Waals surface area contributed by atoms with Gasteiger partial charge in [-0.25, -0.2) is 23.5 Å². The number of ether oxygens (including phenoxy) is 1. The second-order valence-electron chi connectivity index (χ2n) is 5.78. The van der Waals surface area contributed by atoms with E-state index in [0.29, 0.717) is 25.3 Å². The molecule has 1 fully saturated rings. The standard InChI is InChI=1S/C17H17N3O3/c1-2-14-10-15-12(11-23-14)8-9-18-16(21)19(17(22)20(15)18)13-6-4-3-5-7-13/h2-8,14-15H,1,9-11H2/t14-,15+/m1/s1. The fourth-order valence-electron chi connectivity index (χ4n) is 3.32. The highest BCUT2D eigenvalue weighted by molar-refractivity contribution is 5.31. The number of allylic oxidation sites excluding steroid dienone is 1. The molecule has 6 heteroatoms. The Kier molecular flexibility index (Phi) is 3.20. The third-order valence-electron chi connectivity index (χ3n) is 4.51. The SMILES string of the molecule is C=C[C@@H]1C[C@H]2C(=CCn3c(=O)n(-c4ccccc4)c(=O)n32)CO1. The van der Waals surface area contributed by atoms with Gasteiger partial charge in [-0.15, -0.1) is 6.58 Å². The van der Waals surface area contributed by atoms with Crippen LogP contribution in [0.3, 0.4) is 0 Å². The van der Waals surface area contributed by atoms with Crippen molar-refractivity contribution in [1.29, 1.82) is 0 Å². The number of nitrogens with zero attached hydrogens (tertiary/aromatic N) is 3. The molecule has 1 saturated heterocycles. The van der Waals surface area contributed by atoms with Crippen molar-refractivity contribution in [2.24, 2.45) is 0 Å². The average Bonchev–Trinajstić information content (AvgIpc) is 2.86. The van der Waals surface area contributed by atoms with Crippen molar-refractivity contribution >= 4 is 0 Å². The van der Waals surface area contributed by atoms with Gasteiger partial charge < -0.3 is 4.74 Å². The van der Waals surface area contributed by atoms with Crippen molar-refractivity contribution < 1.29 is 4.74 Å². The van der Waals surface area contributed by atoms with E-state index in [4.69, 9.17) is 4.74 Å². The van der Waals surface area contributed by atoms with Crippen molar-refractivity contribution in [2.45, 2.75) is 25.1 Å². The third-order valence-corrected chi connectivity index (χ3v) is 4.51. The third kappa shape index (κ3) is 2.06. The van der Waals surface area contributed by atoms with Crippen LogP contribution in [0.5, 0.6) is 0 Å². The van der Waals surface area contributed by atoms with E-state index < -0.39 is 0 Å². The van der Waals surface area contributed by atoms with Gasteiger partial charge in [0.2, 0.25) is 0 Å². The molecule has 2 aliphatic rings. The summed E-state index contributed by atoms with van der Waals surface area (Å²) in [6.07, 6.45) is 4.24. The summed E-state index contributed by atoms with van der Waals surface area (Å²) in [6.45, 7) is 4.63. The Balaban J connectivity index is 1.89. The second kappa shape index (κ2) is 5.24. The largest absolute Gasteiger partial charge is 0.370 e. The van der Waals surface area contributed by atoms with Crippen molar-refractivity contribution in [3.05, 3.63) is 75.6 Å². The van der Waals surface area contributed by atoms with Gasteiger partial charge in [0, 0.05) is 6.42 Å². The lowest BCUT2D eigenvalue weighted by molar-refractivity contribution is 0.0487. The summed E-state index contributed by atoms with van der Waals surface area (Å²) in [5.74, 6) is 0. The van der Waals surface area contributed by atoms with Crippen LogP contribution in [0.25, 0.3) is 5.69 Å². The summed E-state index contributed by atoms with van der Waals surface area (Å²) in [6, 6.07) is 8.86. The molecule has 23 heavy (non-hydrogen) atoms. The first-order valence-corrected chi connectivity index (χ1v) is 7.63. The zero-order valence-electron chi connectivity index (χ0n) is 12.6. The number of rotatable bonds is 2. The molecule has 2 aliphatic heterocycles. The molecule has 0 saturated carbocycles. The van der Waals surface area contributed by atoms with E-state index in [-0.39, 0.29) is 23.5 Å². The lowest BCUT2D eigenvalue weighted by Crippen LogP contribution is -2.40. The number of para-hydroxylation sites is 1. The first-order valence-electron chi connectivity index (χ1n) is 7.63. The molecule has 0 bridgehead atoms. The Hall–Kier alpha value is -2.60. The van der Waals surface area contributed by atoms with Crippen molar-refractivity contribution in [1.82, 2.24) is 13.9 Å². The highest BCUT2D eigenvalue weighted by Gasteiger charge is 2.33. The zero-order valence-corrected chi connectivity index (χ0v) is 12.6. The minimum absolute atomic E-state index is 0.106. The maximum Gasteiger partial charge on any atom is 0.352 e. The predicted octanol–water partition coefficient (Wildman–Crippen LogP) is 1.26. The highest BCUT2D eigenvalue weighted by Crippen LogP contribution is 2.31. The van der Waals surface area contributed by atoms with E-state index >= 15 is 0 Å². The van der Waals surface area contributed by atoms with Gasteiger partial charge in [-0.3, -0.25) is 0 Å². The van der Waals surface area contributed by atoms with Crippen LogP contribution in [-0.4, -0.2) is 26.6 Å². The maximum atomic E-state index is 12.9. The highest BCUT2D eigenvalue weighted by atomic mass is 16.5. The van der Waals surface area contributed by atoms with E-state index in [1.54, 1.807) is 22.9 Å². The van der Waals surface area contributed by atoms with E-state index in [1.807, 2.05) is 24.3 Å². The molecule has 6 nitrogen and oxygen atoms in total. The van der Waals surface area contributed by atoms with Gasteiger partial charge in [-0.05, 0) is 17.7 Å². The van der Waals surface area contributed by atoms with E-state index in [1.165, 1.54) is 9.25 Å². The first kappa shape index (κ1) is 14.0. The fraction of sp³-hybridized carbons (Fsp3) is 0.294. The van der Waals surface area contributed by atoms with Gasteiger partial charge in [0.1, 0.15) is 0 Å². The van der Waals surface area contributed by atoms with Crippen LogP contribution in [0.2, 0.25) is 0 Å². The summed E-state index contributed by atoms with van der Waals surface area (Å²) in [4.78, 5) is 25.6. The minimum Gasteiger partial charge on any atom is -0.370 e. The summed E-state index contributed by atoms with van der Waals surface area (Å²) in [7, 11) is 0.